The lowest BCUT2D eigenvalue weighted by Gasteiger charge is -2.32. The Hall–Kier alpha value is -1.28. The van der Waals surface area contributed by atoms with Crippen LogP contribution in [0.4, 0.5) is 5.69 Å². The highest BCUT2D eigenvalue weighted by molar-refractivity contribution is 6.33. The summed E-state index contributed by atoms with van der Waals surface area (Å²) in [6.07, 6.45) is -0.374. The second kappa shape index (κ2) is 6.25. The summed E-state index contributed by atoms with van der Waals surface area (Å²) in [6.45, 7) is 3.98. The van der Waals surface area contributed by atoms with Crippen molar-refractivity contribution in [1.82, 2.24) is 5.32 Å². The van der Waals surface area contributed by atoms with Crippen molar-refractivity contribution < 1.29 is 4.74 Å². The molecule has 2 rings (SSSR count). The quantitative estimate of drug-likeness (QED) is 0.923. The number of morpholine rings is 1. The van der Waals surface area contributed by atoms with Crippen LogP contribution in [0.1, 0.15) is 18.5 Å². The summed E-state index contributed by atoms with van der Waals surface area (Å²) in [5, 5.41) is 12.8. The highest BCUT2D eigenvalue weighted by atomic mass is 35.5. The molecule has 0 saturated carbocycles. The number of hydrogen-bond donors (Lipinski definition) is 1. The summed E-state index contributed by atoms with van der Waals surface area (Å²) in [6, 6.07) is 8.48. The van der Waals surface area contributed by atoms with Gasteiger partial charge in [0.25, 0.3) is 0 Å². The van der Waals surface area contributed by atoms with Gasteiger partial charge in [0.1, 0.15) is 0 Å². The van der Waals surface area contributed by atoms with Crippen LogP contribution in [-0.2, 0) is 4.74 Å². The Bertz CT molecular complexity index is 486. The number of rotatable bonds is 3. The third-order valence-corrected chi connectivity index (χ3v) is 3.76. The van der Waals surface area contributed by atoms with Crippen LogP contribution in [0.15, 0.2) is 18.2 Å². The van der Waals surface area contributed by atoms with Crippen molar-refractivity contribution >= 4 is 17.3 Å². The van der Waals surface area contributed by atoms with Gasteiger partial charge >= 0.3 is 0 Å². The first-order valence-corrected chi connectivity index (χ1v) is 6.76. The second-order valence-electron chi connectivity index (χ2n) is 4.66. The SMILES string of the molecule is CNC(C)c1ccc(N2CCOC(C#N)C2)c(Cl)c1. The minimum absolute atomic E-state index is 0.267. The van der Waals surface area contributed by atoms with E-state index >= 15 is 0 Å². The summed E-state index contributed by atoms with van der Waals surface area (Å²) >= 11 is 6.36. The molecule has 1 aliphatic rings. The Kier molecular flexibility index (Phi) is 4.65. The van der Waals surface area contributed by atoms with Crippen LogP contribution >= 0.6 is 11.6 Å². The number of anilines is 1. The van der Waals surface area contributed by atoms with Crippen LogP contribution in [0.25, 0.3) is 0 Å². The molecule has 102 valence electrons. The average molecular weight is 280 g/mol. The van der Waals surface area contributed by atoms with Gasteiger partial charge in [-0.05, 0) is 31.7 Å². The van der Waals surface area contributed by atoms with E-state index in [9.17, 15) is 0 Å². The van der Waals surface area contributed by atoms with E-state index in [1.165, 1.54) is 0 Å². The molecule has 1 fully saturated rings. The minimum Gasteiger partial charge on any atom is -0.364 e. The Morgan fingerprint density at radius 1 is 1.58 bits per heavy atom. The van der Waals surface area contributed by atoms with Gasteiger partial charge in [-0.15, -0.1) is 0 Å². The summed E-state index contributed by atoms with van der Waals surface area (Å²) in [5.41, 5.74) is 2.12. The van der Waals surface area contributed by atoms with E-state index in [0.717, 1.165) is 22.8 Å². The third-order valence-electron chi connectivity index (χ3n) is 3.46. The van der Waals surface area contributed by atoms with E-state index in [1.54, 1.807) is 0 Å². The Balaban J connectivity index is 2.19. The number of nitrogens with one attached hydrogen (secondary N) is 1. The lowest BCUT2D eigenvalue weighted by Crippen LogP contribution is -2.42. The molecule has 2 atom stereocenters. The molecule has 0 amide bonds. The van der Waals surface area contributed by atoms with E-state index in [0.29, 0.717) is 13.2 Å². The van der Waals surface area contributed by atoms with Gasteiger partial charge in [0.2, 0.25) is 0 Å². The topological polar surface area (TPSA) is 48.3 Å². The number of ether oxygens (including phenoxy) is 1. The molecular weight excluding hydrogens is 262 g/mol. The van der Waals surface area contributed by atoms with Crippen LogP contribution < -0.4 is 10.2 Å². The van der Waals surface area contributed by atoms with Gasteiger partial charge in [0.15, 0.2) is 6.10 Å². The van der Waals surface area contributed by atoms with Crippen molar-refractivity contribution in [2.75, 3.05) is 31.6 Å². The molecule has 19 heavy (non-hydrogen) atoms. The molecule has 1 aliphatic heterocycles. The highest BCUT2D eigenvalue weighted by Crippen LogP contribution is 2.30. The lowest BCUT2D eigenvalue weighted by atomic mass is 10.1. The van der Waals surface area contributed by atoms with Crippen molar-refractivity contribution in [2.24, 2.45) is 0 Å². The Morgan fingerprint density at radius 3 is 3.00 bits per heavy atom. The van der Waals surface area contributed by atoms with Crippen LogP contribution in [0.2, 0.25) is 5.02 Å². The van der Waals surface area contributed by atoms with Crippen molar-refractivity contribution in [3.63, 3.8) is 0 Å². The third kappa shape index (κ3) is 3.19. The van der Waals surface area contributed by atoms with Gasteiger partial charge in [0.05, 0.1) is 29.9 Å². The van der Waals surface area contributed by atoms with Crippen molar-refractivity contribution in [1.29, 1.82) is 5.26 Å². The van der Waals surface area contributed by atoms with Gasteiger partial charge in [-0.25, -0.2) is 0 Å². The molecule has 1 heterocycles. The first kappa shape index (κ1) is 14.1. The van der Waals surface area contributed by atoms with Gasteiger partial charge in [-0.3, -0.25) is 0 Å². The van der Waals surface area contributed by atoms with Crippen LogP contribution in [-0.4, -0.2) is 32.8 Å². The maximum atomic E-state index is 8.93. The molecule has 1 aromatic rings. The number of nitrogens with zero attached hydrogens (tertiary/aromatic N) is 2. The number of nitriles is 1. The average Bonchev–Trinajstić information content (AvgIpc) is 2.46. The summed E-state index contributed by atoms with van der Waals surface area (Å²) < 4.78 is 5.34. The standard InChI is InChI=1S/C14H18ClN3O/c1-10(17-2)11-3-4-14(13(15)7-11)18-5-6-19-12(8-16)9-18/h3-4,7,10,12,17H,5-6,9H2,1-2H3. The van der Waals surface area contributed by atoms with E-state index in [1.807, 2.05) is 19.2 Å². The number of halogens is 1. The lowest BCUT2D eigenvalue weighted by molar-refractivity contribution is 0.0764. The van der Waals surface area contributed by atoms with E-state index < -0.39 is 0 Å². The first-order chi connectivity index (χ1) is 9.15. The molecule has 0 bridgehead atoms. The summed E-state index contributed by atoms with van der Waals surface area (Å²) in [5.74, 6) is 0. The molecule has 1 N–H and O–H groups in total. The predicted molar refractivity (Wildman–Crippen MR) is 76.5 cm³/mol. The van der Waals surface area contributed by atoms with Crippen LogP contribution in [0.5, 0.6) is 0 Å². The zero-order valence-electron chi connectivity index (χ0n) is 11.2. The minimum atomic E-state index is -0.374. The van der Waals surface area contributed by atoms with E-state index in [-0.39, 0.29) is 12.1 Å². The van der Waals surface area contributed by atoms with Crippen molar-refractivity contribution in [2.45, 2.75) is 19.1 Å². The summed E-state index contributed by atoms with van der Waals surface area (Å²) in [7, 11) is 1.92. The van der Waals surface area contributed by atoms with E-state index in [4.69, 9.17) is 21.6 Å². The molecule has 0 aromatic heterocycles. The monoisotopic (exact) mass is 279 g/mol. The van der Waals surface area contributed by atoms with Gasteiger partial charge < -0.3 is 15.0 Å². The molecule has 0 spiro atoms. The fourth-order valence-electron chi connectivity index (χ4n) is 2.16. The molecule has 2 unspecified atom stereocenters. The van der Waals surface area contributed by atoms with Crippen LogP contribution in [0.3, 0.4) is 0 Å². The number of hydrogen-bond acceptors (Lipinski definition) is 4. The van der Waals surface area contributed by atoms with E-state index in [2.05, 4.69) is 29.3 Å². The van der Waals surface area contributed by atoms with Crippen molar-refractivity contribution in [3.8, 4) is 6.07 Å². The number of benzene rings is 1. The molecule has 4 nitrogen and oxygen atoms in total. The molecule has 1 aromatic carbocycles. The first-order valence-electron chi connectivity index (χ1n) is 6.38. The smallest absolute Gasteiger partial charge is 0.161 e. The van der Waals surface area contributed by atoms with Gasteiger partial charge in [-0.2, -0.15) is 5.26 Å². The molecule has 0 radical (unpaired) electrons. The largest absolute Gasteiger partial charge is 0.364 e. The molecular formula is C14H18ClN3O. The maximum absolute atomic E-state index is 8.93. The molecule has 5 heteroatoms. The van der Waals surface area contributed by atoms with Gasteiger partial charge in [-0.1, -0.05) is 17.7 Å². The normalized spacial score (nSPS) is 20.9. The van der Waals surface area contributed by atoms with Crippen LogP contribution in [0, 0.1) is 11.3 Å². The molecule has 0 aliphatic carbocycles. The zero-order chi connectivity index (χ0) is 13.8. The van der Waals surface area contributed by atoms with Crippen molar-refractivity contribution in [3.05, 3.63) is 28.8 Å². The Morgan fingerprint density at radius 2 is 2.37 bits per heavy atom. The second-order valence-corrected chi connectivity index (χ2v) is 5.06. The molecule has 1 saturated heterocycles. The maximum Gasteiger partial charge on any atom is 0.161 e. The highest BCUT2D eigenvalue weighted by Gasteiger charge is 2.22. The fourth-order valence-corrected chi connectivity index (χ4v) is 2.47. The Labute approximate surface area is 118 Å². The van der Waals surface area contributed by atoms with Gasteiger partial charge in [0, 0.05) is 12.6 Å². The predicted octanol–water partition coefficient (Wildman–Crippen LogP) is 2.35. The fraction of sp³-hybridized carbons (Fsp3) is 0.500. The zero-order valence-corrected chi connectivity index (χ0v) is 11.9. The summed E-state index contributed by atoms with van der Waals surface area (Å²) in [4.78, 5) is 2.10.